The molecule has 0 saturated carbocycles. The Bertz CT molecular complexity index is 635. The molecule has 0 aliphatic carbocycles. The van der Waals surface area contributed by atoms with Crippen LogP contribution in [-0.4, -0.2) is 58.1 Å². The summed E-state index contributed by atoms with van der Waals surface area (Å²) in [6.07, 6.45) is 8.78. The number of hydrogen-bond donors (Lipinski definition) is 0. The van der Waals surface area contributed by atoms with Crippen molar-refractivity contribution in [3.05, 3.63) is 30.6 Å². The number of piperazine rings is 1. The van der Waals surface area contributed by atoms with E-state index in [1.165, 1.54) is 70.3 Å². The van der Waals surface area contributed by atoms with Gasteiger partial charge in [-0.1, -0.05) is 18.6 Å². The van der Waals surface area contributed by atoms with Crippen LogP contribution < -0.4 is 0 Å². The molecule has 124 valence electrons. The predicted octanol–water partition coefficient (Wildman–Crippen LogP) is 2.99. The van der Waals surface area contributed by atoms with Gasteiger partial charge in [0.2, 0.25) is 0 Å². The number of aromatic nitrogens is 2. The highest BCUT2D eigenvalue weighted by molar-refractivity contribution is 5.74. The molecule has 2 saturated heterocycles. The summed E-state index contributed by atoms with van der Waals surface area (Å²) in [5.74, 6) is 0. The number of para-hydroxylation sites is 2. The smallest absolute Gasteiger partial charge is 0.0958 e. The second-order valence-electron chi connectivity index (χ2n) is 7.12. The van der Waals surface area contributed by atoms with Crippen molar-refractivity contribution in [1.29, 1.82) is 0 Å². The Balaban J connectivity index is 1.23. The summed E-state index contributed by atoms with van der Waals surface area (Å²) in [5.41, 5.74) is 2.38. The normalized spacial score (nSPS) is 23.2. The molecule has 0 radical (unpaired) electrons. The van der Waals surface area contributed by atoms with Gasteiger partial charge in [0.25, 0.3) is 0 Å². The molecule has 1 atom stereocenters. The van der Waals surface area contributed by atoms with Gasteiger partial charge in [-0.25, -0.2) is 4.98 Å². The first-order valence-electron chi connectivity index (χ1n) is 9.26. The third-order valence-corrected chi connectivity index (χ3v) is 5.57. The fraction of sp³-hybridized carbons (Fsp3) is 0.632. The van der Waals surface area contributed by atoms with Gasteiger partial charge in [0.1, 0.15) is 0 Å². The highest BCUT2D eigenvalue weighted by Crippen LogP contribution is 2.21. The van der Waals surface area contributed by atoms with Crippen molar-refractivity contribution in [2.24, 2.45) is 0 Å². The summed E-state index contributed by atoms with van der Waals surface area (Å²) in [7, 11) is 0. The van der Waals surface area contributed by atoms with Crippen molar-refractivity contribution in [3.63, 3.8) is 0 Å². The Morgan fingerprint density at radius 1 is 1.00 bits per heavy atom. The summed E-state index contributed by atoms with van der Waals surface area (Å²) < 4.78 is 2.30. The lowest BCUT2D eigenvalue weighted by Crippen LogP contribution is -2.54. The minimum absolute atomic E-state index is 0.843. The maximum Gasteiger partial charge on any atom is 0.0958 e. The van der Waals surface area contributed by atoms with Crippen LogP contribution in [0.1, 0.15) is 32.1 Å². The van der Waals surface area contributed by atoms with Crippen LogP contribution in [0, 0.1) is 0 Å². The second kappa shape index (κ2) is 7.02. The van der Waals surface area contributed by atoms with Crippen LogP contribution in [0.2, 0.25) is 0 Å². The first kappa shape index (κ1) is 15.2. The monoisotopic (exact) mass is 312 g/mol. The number of nitrogens with zero attached hydrogens (tertiary/aromatic N) is 4. The van der Waals surface area contributed by atoms with Crippen LogP contribution >= 0.6 is 0 Å². The average Bonchev–Trinajstić information content (AvgIpc) is 3.02. The first-order valence-corrected chi connectivity index (χ1v) is 9.26. The Hall–Kier alpha value is -1.39. The van der Waals surface area contributed by atoms with Crippen molar-refractivity contribution in [3.8, 4) is 0 Å². The number of fused-ring (bicyclic) bond motifs is 2. The molecule has 0 bridgehead atoms. The van der Waals surface area contributed by atoms with E-state index in [1.54, 1.807) is 0 Å². The van der Waals surface area contributed by atoms with Gasteiger partial charge >= 0.3 is 0 Å². The Kier molecular flexibility index (Phi) is 4.62. The van der Waals surface area contributed by atoms with E-state index in [2.05, 4.69) is 43.6 Å². The van der Waals surface area contributed by atoms with E-state index in [0.29, 0.717) is 0 Å². The first-order chi connectivity index (χ1) is 11.4. The van der Waals surface area contributed by atoms with Gasteiger partial charge in [-0.3, -0.25) is 4.90 Å². The van der Waals surface area contributed by atoms with E-state index in [9.17, 15) is 0 Å². The largest absolute Gasteiger partial charge is 0.331 e. The van der Waals surface area contributed by atoms with Crippen molar-refractivity contribution in [2.75, 3.05) is 32.7 Å². The number of aryl methyl sites for hydroxylation is 1. The summed E-state index contributed by atoms with van der Waals surface area (Å²) in [6, 6.07) is 9.27. The van der Waals surface area contributed by atoms with E-state index >= 15 is 0 Å². The van der Waals surface area contributed by atoms with E-state index in [4.69, 9.17) is 0 Å². The third-order valence-electron chi connectivity index (χ3n) is 5.57. The van der Waals surface area contributed by atoms with E-state index in [-0.39, 0.29) is 0 Å². The molecular formula is C19H28N4. The number of unbranched alkanes of at least 4 members (excludes halogenated alkanes) is 1. The summed E-state index contributed by atoms with van der Waals surface area (Å²) >= 11 is 0. The van der Waals surface area contributed by atoms with E-state index < -0.39 is 0 Å². The SMILES string of the molecule is c1ccc2c(c1)ncn2CCCCN1CCN2CCCCC2C1. The van der Waals surface area contributed by atoms with Gasteiger partial charge in [0, 0.05) is 32.2 Å². The van der Waals surface area contributed by atoms with Crippen LogP contribution in [0.5, 0.6) is 0 Å². The van der Waals surface area contributed by atoms with Gasteiger partial charge in [0.15, 0.2) is 0 Å². The molecule has 0 amide bonds. The van der Waals surface area contributed by atoms with E-state index in [0.717, 1.165) is 18.1 Å². The predicted molar refractivity (Wildman–Crippen MR) is 94.6 cm³/mol. The zero-order chi connectivity index (χ0) is 15.5. The Labute approximate surface area is 139 Å². The number of hydrogen-bond acceptors (Lipinski definition) is 3. The minimum Gasteiger partial charge on any atom is -0.331 e. The molecule has 4 rings (SSSR count). The highest BCUT2D eigenvalue weighted by Gasteiger charge is 2.28. The second-order valence-corrected chi connectivity index (χ2v) is 7.12. The van der Waals surface area contributed by atoms with E-state index in [1.807, 2.05) is 6.33 Å². The molecule has 1 unspecified atom stereocenters. The molecule has 0 spiro atoms. The van der Waals surface area contributed by atoms with Gasteiger partial charge in [-0.2, -0.15) is 0 Å². The number of piperidine rings is 1. The molecular weight excluding hydrogens is 284 g/mol. The van der Waals surface area contributed by atoms with Gasteiger partial charge in [-0.05, 0) is 50.9 Å². The topological polar surface area (TPSA) is 24.3 Å². The number of benzene rings is 1. The fourth-order valence-electron chi connectivity index (χ4n) is 4.23. The molecule has 4 heteroatoms. The van der Waals surface area contributed by atoms with Crippen molar-refractivity contribution in [2.45, 2.75) is 44.7 Å². The van der Waals surface area contributed by atoms with Crippen molar-refractivity contribution >= 4 is 11.0 Å². The van der Waals surface area contributed by atoms with Gasteiger partial charge in [-0.15, -0.1) is 0 Å². The molecule has 2 fully saturated rings. The molecule has 0 N–H and O–H groups in total. The number of imidazole rings is 1. The van der Waals surface area contributed by atoms with Gasteiger partial charge < -0.3 is 9.47 Å². The molecule has 2 aliphatic rings. The average molecular weight is 312 g/mol. The standard InChI is InChI=1S/C19H28N4/c1-2-9-19-18(8-1)20-16-23(19)12-6-5-10-21-13-14-22-11-4-3-7-17(22)15-21/h1-2,8-9,16-17H,3-7,10-15H2. The lowest BCUT2D eigenvalue weighted by Gasteiger charge is -2.44. The summed E-state index contributed by atoms with van der Waals surface area (Å²) in [5, 5.41) is 0. The maximum absolute atomic E-state index is 4.48. The minimum atomic E-state index is 0.843. The molecule has 3 heterocycles. The van der Waals surface area contributed by atoms with Crippen LogP contribution in [-0.2, 0) is 6.54 Å². The fourth-order valence-corrected chi connectivity index (χ4v) is 4.23. The zero-order valence-corrected chi connectivity index (χ0v) is 14.0. The molecule has 4 nitrogen and oxygen atoms in total. The lowest BCUT2D eigenvalue weighted by atomic mass is 9.99. The molecule has 1 aromatic carbocycles. The Morgan fingerprint density at radius 3 is 2.91 bits per heavy atom. The van der Waals surface area contributed by atoms with Crippen LogP contribution in [0.15, 0.2) is 30.6 Å². The third kappa shape index (κ3) is 3.43. The highest BCUT2D eigenvalue weighted by atomic mass is 15.3. The van der Waals surface area contributed by atoms with Crippen LogP contribution in [0.25, 0.3) is 11.0 Å². The molecule has 2 aliphatic heterocycles. The molecule has 2 aromatic rings. The zero-order valence-electron chi connectivity index (χ0n) is 14.0. The number of rotatable bonds is 5. The molecule has 1 aromatic heterocycles. The summed E-state index contributed by atoms with van der Waals surface area (Å²) in [6.45, 7) is 7.54. The van der Waals surface area contributed by atoms with Crippen LogP contribution in [0.3, 0.4) is 0 Å². The summed E-state index contributed by atoms with van der Waals surface area (Å²) in [4.78, 5) is 9.89. The lowest BCUT2D eigenvalue weighted by molar-refractivity contribution is 0.0486. The van der Waals surface area contributed by atoms with Crippen LogP contribution in [0.4, 0.5) is 0 Å². The quantitative estimate of drug-likeness (QED) is 0.793. The van der Waals surface area contributed by atoms with Crippen molar-refractivity contribution in [1.82, 2.24) is 19.4 Å². The molecule has 23 heavy (non-hydrogen) atoms. The Morgan fingerprint density at radius 2 is 1.91 bits per heavy atom. The van der Waals surface area contributed by atoms with Gasteiger partial charge in [0.05, 0.1) is 17.4 Å². The maximum atomic E-state index is 4.48. The van der Waals surface area contributed by atoms with Crippen molar-refractivity contribution < 1.29 is 0 Å².